The molecule has 0 bridgehead atoms. The molecule has 4 rings (SSSR count). The minimum absolute atomic E-state index is 0.0445. The van der Waals surface area contributed by atoms with Crippen LogP contribution in [0, 0.1) is 0 Å². The molecule has 4 amide bonds. The number of amides is 4. The van der Waals surface area contributed by atoms with Crippen LogP contribution in [0.2, 0.25) is 0 Å². The van der Waals surface area contributed by atoms with E-state index in [-0.39, 0.29) is 30.0 Å². The Labute approximate surface area is 211 Å². The van der Waals surface area contributed by atoms with Crippen molar-refractivity contribution in [2.75, 3.05) is 32.1 Å². The zero-order chi connectivity index (χ0) is 25.9. The lowest BCUT2D eigenvalue weighted by atomic mass is 9.77. The van der Waals surface area contributed by atoms with E-state index in [9.17, 15) is 14.4 Å². The van der Waals surface area contributed by atoms with Crippen LogP contribution < -0.4 is 15.4 Å². The number of methoxy groups -OCH3 is 1. The molecule has 0 aromatic heterocycles. The molecule has 2 aliphatic heterocycles. The molecular formula is C27H34N4O5. The number of carbonyl (C=O) groups excluding carboxylic acids is 3. The molecular weight excluding hydrogens is 460 g/mol. The van der Waals surface area contributed by atoms with Crippen LogP contribution in [0.1, 0.15) is 38.3 Å². The van der Waals surface area contributed by atoms with Gasteiger partial charge in [0.2, 0.25) is 5.91 Å². The predicted octanol–water partition coefficient (Wildman–Crippen LogP) is 3.78. The molecule has 36 heavy (non-hydrogen) atoms. The quantitative estimate of drug-likeness (QED) is 0.637. The minimum Gasteiger partial charge on any atom is -0.497 e. The van der Waals surface area contributed by atoms with Crippen molar-refractivity contribution in [1.29, 1.82) is 0 Å². The number of carbonyl (C=O) groups is 3. The number of urea groups is 1. The molecule has 2 heterocycles. The van der Waals surface area contributed by atoms with Gasteiger partial charge in [-0.15, -0.1) is 0 Å². The van der Waals surface area contributed by atoms with Gasteiger partial charge in [-0.25, -0.2) is 9.59 Å². The average Bonchev–Trinajstić information content (AvgIpc) is 2.76. The highest BCUT2D eigenvalue weighted by molar-refractivity contribution is 5.89. The largest absolute Gasteiger partial charge is 0.497 e. The Morgan fingerprint density at radius 3 is 2.17 bits per heavy atom. The Bertz CT molecular complexity index is 1100. The molecule has 0 unspecified atom stereocenters. The first-order valence-corrected chi connectivity index (χ1v) is 12.1. The molecule has 2 aromatic rings. The van der Waals surface area contributed by atoms with Crippen molar-refractivity contribution in [3.05, 3.63) is 59.7 Å². The maximum atomic E-state index is 12.9. The number of nitrogens with zero attached hydrogens (tertiary/aromatic N) is 2. The number of benzene rings is 2. The van der Waals surface area contributed by atoms with E-state index in [1.165, 1.54) is 0 Å². The third-order valence-corrected chi connectivity index (χ3v) is 6.48. The van der Waals surface area contributed by atoms with Crippen LogP contribution in [-0.4, -0.2) is 65.7 Å². The van der Waals surface area contributed by atoms with Gasteiger partial charge >= 0.3 is 12.1 Å². The fraction of sp³-hybridized carbons (Fsp3) is 0.444. The second-order valence-electron chi connectivity index (χ2n) is 10.4. The van der Waals surface area contributed by atoms with Gasteiger partial charge in [0.1, 0.15) is 11.4 Å². The van der Waals surface area contributed by atoms with Gasteiger partial charge in [-0.3, -0.25) is 4.79 Å². The first-order valence-electron chi connectivity index (χ1n) is 12.1. The highest BCUT2D eigenvalue weighted by Gasteiger charge is 2.57. The van der Waals surface area contributed by atoms with E-state index in [2.05, 4.69) is 10.6 Å². The smallest absolute Gasteiger partial charge is 0.410 e. The van der Waals surface area contributed by atoms with Crippen molar-refractivity contribution in [1.82, 2.24) is 15.1 Å². The van der Waals surface area contributed by atoms with Crippen LogP contribution in [0.5, 0.6) is 5.75 Å². The second-order valence-corrected chi connectivity index (χ2v) is 10.4. The first-order chi connectivity index (χ1) is 17.1. The highest BCUT2D eigenvalue weighted by atomic mass is 16.6. The molecule has 9 nitrogen and oxygen atoms in total. The van der Waals surface area contributed by atoms with E-state index in [0.717, 1.165) is 23.3 Å². The van der Waals surface area contributed by atoms with Gasteiger partial charge in [-0.2, -0.15) is 0 Å². The Morgan fingerprint density at radius 1 is 0.972 bits per heavy atom. The first kappa shape index (κ1) is 25.3. The Morgan fingerprint density at radius 2 is 1.61 bits per heavy atom. The van der Waals surface area contributed by atoms with Gasteiger partial charge in [0.15, 0.2) is 0 Å². The lowest BCUT2D eigenvalue weighted by Gasteiger charge is -2.62. The summed E-state index contributed by atoms with van der Waals surface area (Å²) in [4.78, 5) is 40.9. The van der Waals surface area contributed by atoms with E-state index in [1.807, 2.05) is 62.1 Å². The fourth-order valence-corrected chi connectivity index (χ4v) is 4.45. The van der Waals surface area contributed by atoms with E-state index >= 15 is 0 Å². The zero-order valence-corrected chi connectivity index (χ0v) is 21.3. The average molecular weight is 495 g/mol. The summed E-state index contributed by atoms with van der Waals surface area (Å²) in [5.74, 6) is 0.810. The van der Waals surface area contributed by atoms with Crippen molar-refractivity contribution < 1.29 is 23.9 Å². The maximum Gasteiger partial charge on any atom is 0.410 e. The van der Waals surface area contributed by atoms with Crippen LogP contribution in [0.25, 0.3) is 0 Å². The molecule has 2 fully saturated rings. The van der Waals surface area contributed by atoms with Gasteiger partial charge in [0.25, 0.3) is 0 Å². The molecule has 192 valence electrons. The summed E-state index contributed by atoms with van der Waals surface area (Å²) < 4.78 is 10.6. The Hall–Kier alpha value is -3.75. The summed E-state index contributed by atoms with van der Waals surface area (Å²) in [6.45, 7) is 7.66. The number of hydrogen-bond acceptors (Lipinski definition) is 5. The van der Waals surface area contributed by atoms with E-state index in [4.69, 9.17) is 9.47 Å². The fourth-order valence-electron chi connectivity index (χ4n) is 4.45. The highest BCUT2D eigenvalue weighted by Crippen LogP contribution is 2.40. The number of likely N-dealkylation sites (tertiary alicyclic amines) is 2. The number of nitrogens with one attached hydrogen (secondary N) is 2. The monoisotopic (exact) mass is 494 g/mol. The summed E-state index contributed by atoms with van der Waals surface area (Å²) >= 11 is 0. The van der Waals surface area contributed by atoms with Gasteiger partial charge in [-0.1, -0.05) is 24.3 Å². The van der Waals surface area contributed by atoms with Gasteiger partial charge < -0.3 is 29.9 Å². The van der Waals surface area contributed by atoms with Crippen LogP contribution in [0.15, 0.2) is 48.5 Å². The lowest BCUT2D eigenvalue weighted by molar-refractivity contribution is -0.163. The number of rotatable bonds is 6. The third kappa shape index (κ3) is 5.90. The summed E-state index contributed by atoms with van der Waals surface area (Å²) in [7, 11) is 1.61. The molecule has 9 heteroatoms. The topological polar surface area (TPSA) is 100 Å². The summed E-state index contributed by atoms with van der Waals surface area (Å²) in [6, 6.07) is 14.4. The molecule has 0 atom stereocenters. The standard InChI is InChI=1S/C27H34N4O5/c1-26(2,3)36-25(34)30-17-27(18-30)13-14-31(27)23(32)15-19-5-9-21(10-6-19)29-24(33)28-16-20-7-11-22(35-4)12-8-20/h5-12H,13-18H2,1-4H3,(H2,28,29,33). The van der Waals surface area contributed by atoms with Crippen molar-refractivity contribution >= 4 is 23.7 Å². The predicted molar refractivity (Wildman–Crippen MR) is 136 cm³/mol. The number of ether oxygens (including phenoxy) is 2. The van der Waals surface area contributed by atoms with E-state index in [1.54, 1.807) is 24.1 Å². The van der Waals surface area contributed by atoms with E-state index < -0.39 is 5.60 Å². The normalized spacial score (nSPS) is 16.0. The zero-order valence-electron chi connectivity index (χ0n) is 21.3. The van der Waals surface area contributed by atoms with E-state index in [0.29, 0.717) is 31.9 Å². The van der Waals surface area contributed by atoms with Crippen LogP contribution in [0.3, 0.4) is 0 Å². The number of anilines is 1. The molecule has 2 aromatic carbocycles. The third-order valence-electron chi connectivity index (χ3n) is 6.48. The summed E-state index contributed by atoms with van der Waals surface area (Å²) in [5.41, 5.74) is 1.69. The SMILES string of the molecule is COc1ccc(CNC(=O)Nc2ccc(CC(=O)N3CCC34CN(C(=O)OC(C)(C)C)C4)cc2)cc1. The van der Waals surface area contributed by atoms with Crippen molar-refractivity contribution in [3.63, 3.8) is 0 Å². The van der Waals surface area contributed by atoms with Gasteiger partial charge in [0, 0.05) is 31.9 Å². The molecule has 1 spiro atoms. The van der Waals surface area contributed by atoms with Crippen LogP contribution >= 0.6 is 0 Å². The molecule has 2 aliphatic rings. The van der Waals surface area contributed by atoms with Gasteiger partial charge in [0.05, 0.1) is 19.1 Å². The van der Waals surface area contributed by atoms with Gasteiger partial charge in [-0.05, 0) is 62.6 Å². The number of hydrogen-bond donors (Lipinski definition) is 2. The minimum atomic E-state index is -0.535. The molecule has 2 saturated heterocycles. The maximum absolute atomic E-state index is 12.9. The van der Waals surface area contributed by atoms with Crippen LogP contribution in [0.4, 0.5) is 15.3 Å². The lowest BCUT2D eigenvalue weighted by Crippen LogP contribution is -2.78. The molecule has 2 N–H and O–H groups in total. The summed E-state index contributed by atoms with van der Waals surface area (Å²) in [5, 5.41) is 5.62. The Balaban J connectivity index is 1.22. The van der Waals surface area contributed by atoms with Crippen molar-refractivity contribution in [2.24, 2.45) is 0 Å². The molecule has 0 saturated carbocycles. The van der Waals surface area contributed by atoms with Crippen LogP contribution in [-0.2, 0) is 22.5 Å². The Kier molecular flexibility index (Phi) is 7.10. The molecule has 0 radical (unpaired) electrons. The summed E-state index contributed by atoms with van der Waals surface area (Å²) in [6.07, 6.45) is 0.841. The molecule has 0 aliphatic carbocycles. The second kappa shape index (κ2) is 10.1. The van der Waals surface area contributed by atoms with Crippen molar-refractivity contribution in [2.45, 2.75) is 51.3 Å². The van der Waals surface area contributed by atoms with Crippen molar-refractivity contribution in [3.8, 4) is 5.75 Å².